The minimum Gasteiger partial charge on any atom is -0.384 e. The second-order valence-corrected chi connectivity index (χ2v) is 11.2. The van der Waals surface area contributed by atoms with E-state index in [0.29, 0.717) is 30.6 Å². The van der Waals surface area contributed by atoms with E-state index >= 15 is 0 Å². The monoisotopic (exact) mass is 472 g/mol. The number of allylic oxidation sites excluding steroid dienone is 2. The second-order valence-electron chi connectivity index (χ2n) is 11.2. The van der Waals surface area contributed by atoms with Gasteiger partial charge in [-0.1, -0.05) is 55.8 Å². The number of hydrogen-bond donors (Lipinski definition) is 1. The van der Waals surface area contributed by atoms with Gasteiger partial charge in [-0.05, 0) is 80.8 Å². The van der Waals surface area contributed by atoms with Gasteiger partial charge in [-0.3, -0.25) is 0 Å². The van der Waals surface area contributed by atoms with Crippen molar-refractivity contribution in [2.45, 2.75) is 90.7 Å². The van der Waals surface area contributed by atoms with Crippen molar-refractivity contribution in [2.24, 2.45) is 23.2 Å². The van der Waals surface area contributed by atoms with E-state index in [4.69, 9.17) is 0 Å². The Morgan fingerprint density at radius 2 is 1.97 bits per heavy atom. The van der Waals surface area contributed by atoms with Gasteiger partial charge in [0.1, 0.15) is 5.60 Å². The Labute approximate surface area is 201 Å². The van der Waals surface area contributed by atoms with Gasteiger partial charge in [0.25, 0.3) is 5.92 Å². The van der Waals surface area contributed by atoms with Crippen LogP contribution < -0.4 is 0 Å². The topological polar surface area (TPSA) is 63.8 Å². The van der Waals surface area contributed by atoms with Crippen molar-refractivity contribution in [2.75, 3.05) is 0 Å². The van der Waals surface area contributed by atoms with Crippen molar-refractivity contribution in [3.05, 3.63) is 42.0 Å². The molecule has 0 spiro atoms. The first-order valence-corrected chi connectivity index (χ1v) is 12.6. The molecule has 2 fully saturated rings. The van der Waals surface area contributed by atoms with Gasteiger partial charge in [0.05, 0.1) is 6.54 Å². The summed E-state index contributed by atoms with van der Waals surface area (Å²) in [6, 6.07) is 9.84. The molecule has 2 aromatic rings. The molecule has 0 saturated heterocycles. The van der Waals surface area contributed by atoms with Crippen molar-refractivity contribution in [3.8, 4) is 11.4 Å². The largest absolute Gasteiger partial charge is 0.384 e. The smallest absolute Gasteiger partial charge is 0.275 e. The first-order valence-electron chi connectivity index (χ1n) is 12.6. The van der Waals surface area contributed by atoms with Crippen LogP contribution in [0.25, 0.3) is 11.4 Å². The van der Waals surface area contributed by atoms with E-state index in [1.54, 1.807) is 4.80 Å². The second kappa shape index (κ2) is 9.48. The van der Waals surface area contributed by atoms with Gasteiger partial charge in [0.2, 0.25) is 5.82 Å². The predicted octanol–water partition coefficient (Wildman–Crippen LogP) is 6.31. The lowest BCUT2D eigenvalue weighted by Gasteiger charge is -2.44. The molecule has 1 aromatic heterocycles. The van der Waals surface area contributed by atoms with Crippen LogP contribution in [-0.2, 0) is 6.54 Å². The Morgan fingerprint density at radius 1 is 1.24 bits per heavy atom. The van der Waals surface area contributed by atoms with Crippen molar-refractivity contribution < 1.29 is 13.9 Å². The molecule has 186 valence electrons. The molecule has 4 atom stereocenters. The van der Waals surface area contributed by atoms with Gasteiger partial charge in [-0.15, -0.1) is 10.2 Å². The third kappa shape index (κ3) is 4.95. The number of alkyl halides is 2. The normalized spacial score (nSPS) is 27.7. The maximum absolute atomic E-state index is 14.4. The number of tetrazole rings is 1. The zero-order chi connectivity index (χ0) is 24.6. The minimum atomic E-state index is -3.07. The standard InChI is InChI=1S/C27H38F2N4O/c1-19(14-17-27(28,29)25(2,3)34)22-12-13-23-20(11-8-16-26(22,23)4)15-18-33-31-24(30-32-33)21-9-6-5-7-10-21/h5-7,9-10,15,19,22-23,34H,8,11-14,16-18H2,1-4H3/b20-15+/t19-,22-,23+,26-/m1/s1. The lowest BCUT2D eigenvalue weighted by atomic mass is 9.60. The molecule has 5 nitrogen and oxygen atoms in total. The molecule has 0 bridgehead atoms. The van der Waals surface area contributed by atoms with Crippen molar-refractivity contribution in [3.63, 3.8) is 0 Å². The first kappa shape index (κ1) is 25.0. The fourth-order valence-electron chi connectivity index (χ4n) is 6.40. The van der Waals surface area contributed by atoms with Crippen LogP contribution in [0.2, 0.25) is 0 Å². The first-order chi connectivity index (χ1) is 16.0. The van der Waals surface area contributed by atoms with E-state index < -0.39 is 11.5 Å². The van der Waals surface area contributed by atoms with Crippen LogP contribution in [0.3, 0.4) is 0 Å². The summed E-state index contributed by atoms with van der Waals surface area (Å²) in [5, 5.41) is 22.8. The molecule has 0 amide bonds. The Bertz CT molecular complexity index is 998. The summed E-state index contributed by atoms with van der Waals surface area (Å²) in [7, 11) is 0. The summed E-state index contributed by atoms with van der Waals surface area (Å²) in [5.41, 5.74) is 0.572. The number of halogens is 2. The van der Waals surface area contributed by atoms with Crippen molar-refractivity contribution in [1.82, 2.24) is 20.2 Å². The molecule has 1 heterocycles. The Kier molecular flexibility index (Phi) is 6.96. The quantitative estimate of drug-likeness (QED) is 0.458. The third-order valence-electron chi connectivity index (χ3n) is 8.54. The van der Waals surface area contributed by atoms with Crippen LogP contribution in [0.4, 0.5) is 8.78 Å². The van der Waals surface area contributed by atoms with E-state index in [9.17, 15) is 13.9 Å². The fraction of sp³-hybridized carbons (Fsp3) is 0.667. The van der Waals surface area contributed by atoms with Crippen molar-refractivity contribution in [1.29, 1.82) is 0 Å². The van der Waals surface area contributed by atoms with Gasteiger partial charge < -0.3 is 5.11 Å². The molecule has 4 rings (SSSR count). The van der Waals surface area contributed by atoms with Gasteiger partial charge in [0.15, 0.2) is 0 Å². The number of rotatable bonds is 8. The highest BCUT2D eigenvalue weighted by molar-refractivity contribution is 5.52. The molecule has 2 aliphatic carbocycles. The zero-order valence-corrected chi connectivity index (χ0v) is 20.8. The maximum atomic E-state index is 14.4. The molecule has 1 aromatic carbocycles. The molecule has 34 heavy (non-hydrogen) atoms. The number of nitrogens with zero attached hydrogens (tertiary/aromatic N) is 4. The summed E-state index contributed by atoms with van der Waals surface area (Å²) in [5.74, 6) is -1.33. The van der Waals surface area contributed by atoms with E-state index in [1.807, 2.05) is 30.3 Å². The van der Waals surface area contributed by atoms with Crippen LogP contribution in [0.1, 0.15) is 72.6 Å². The van der Waals surface area contributed by atoms with Crippen LogP contribution in [-0.4, -0.2) is 36.8 Å². The van der Waals surface area contributed by atoms with Gasteiger partial charge in [0, 0.05) is 12.0 Å². The summed E-state index contributed by atoms with van der Waals surface area (Å²) in [6.07, 6.45) is 7.99. The van der Waals surface area contributed by atoms with Gasteiger partial charge in [-0.25, -0.2) is 8.78 Å². The highest BCUT2D eigenvalue weighted by Crippen LogP contribution is 2.60. The molecule has 2 saturated carbocycles. The summed E-state index contributed by atoms with van der Waals surface area (Å²) in [4.78, 5) is 1.65. The summed E-state index contributed by atoms with van der Waals surface area (Å²) in [6.45, 7) is 7.50. The Morgan fingerprint density at radius 3 is 2.68 bits per heavy atom. The lowest BCUT2D eigenvalue weighted by molar-refractivity contribution is -0.168. The van der Waals surface area contributed by atoms with E-state index in [1.165, 1.54) is 19.4 Å². The third-order valence-corrected chi connectivity index (χ3v) is 8.54. The SMILES string of the molecule is C[C@H](CCC(F)(F)C(C)(C)O)[C@H]1CC[C@H]2/C(=C/Cn3nnc(-c4ccccc4)n3)CCC[C@]12C. The van der Waals surface area contributed by atoms with Crippen LogP contribution >= 0.6 is 0 Å². The predicted molar refractivity (Wildman–Crippen MR) is 129 cm³/mol. The molecule has 1 N–H and O–H groups in total. The van der Waals surface area contributed by atoms with E-state index in [-0.39, 0.29) is 17.8 Å². The Balaban J connectivity index is 1.42. The number of hydrogen-bond acceptors (Lipinski definition) is 4. The molecule has 0 aliphatic heterocycles. The van der Waals surface area contributed by atoms with Crippen LogP contribution in [0, 0.1) is 23.2 Å². The van der Waals surface area contributed by atoms with Crippen molar-refractivity contribution >= 4 is 0 Å². The highest BCUT2D eigenvalue weighted by Gasteiger charge is 2.51. The molecule has 0 radical (unpaired) electrons. The zero-order valence-electron chi connectivity index (χ0n) is 20.8. The number of aromatic nitrogens is 4. The summed E-state index contributed by atoms with van der Waals surface area (Å²) >= 11 is 0. The maximum Gasteiger partial charge on any atom is 0.275 e. The van der Waals surface area contributed by atoms with Gasteiger partial charge in [-0.2, -0.15) is 4.80 Å². The molecular weight excluding hydrogens is 434 g/mol. The molecule has 2 aliphatic rings. The number of benzene rings is 1. The molecule has 0 unspecified atom stereocenters. The average Bonchev–Trinajstić information content (AvgIpc) is 3.40. The highest BCUT2D eigenvalue weighted by atomic mass is 19.3. The van der Waals surface area contributed by atoms with E-state index in [2.05, 4.69) is 35.3 Å². The van der Waals surface area contributed by atoms with Gasteiger partial charge >= 0.3 is 0 Å². The number of aliphatic hydroxyl groups is 1. The van der Waals surface area contributed by atoms with E-state index in [0.717, 1.165) is 37.7 Å². The number of fused-ring (bicyclic) bond motifs is 1. The van der Waals surface area contributed by atoms with Crippen LogP contribution in [0.5, 0.6) is 0 Å². The Hall–Kier alpha value is -2.15. The van der Waals surface area contributed by atoms with Crippen LogP contribution in [0.15, 0.2) is 42.0 Å². The molecule has 7 heteroatoms. The molecular formula is C27H38F2N4O. The minimum absolute atomic E-state index is 0.137. The lowest BCUT2D eigenvalue weighted by Crippen LogP contribution is -2.43. The fourth-order valence-corrected chi connectivity index (χ4v) is 6.40. The summed E-state index contributed by atoms with van der Waals surface area (Å²) < 4.78 is 28.7. The average molecular weight is 473 g/mol.